The summed E-state index contributed by atoms with van der Waals surface area (Å²) in [6.45, 7) is 6.33. The highest BCUT2D eigenvalue weighted by molar-refractivity contribution is 7.99. The lowest BCUT2D eigenvalue weighted by molar-refractivity contribution is -0.130. The molecule has 2 aliphatic heterocycles. The van der Waals surface area contributed by atoms with E-state index in [0.717, 1.165) is 13.1 Å². The van der Waals surface area contributed by atoms with Crippen LogP contribution >= 0.6 is 23.4 Å². The molecular weight excluding hydrogens is 623 g/mol. The molecule has 2 amide bonds. The maximum absolute atomic E-state index is 13.7. The van der Waals surface area contributed by atoms with E-state index in [1.165, 1.54) is 35.0 Å². The van der Waals surface area contributed by atoms with Gasteiger partial charge in [-0.05, 0) is 36.2 Å². The highest BCUT2D eigenvalue weighted by atomic mass is 35.5. The third kappa shape index (κ3) is 7.52. The molecule has 8 nitrogen and oxygen atoms in total. The molecule has 0 radical (unpaired) electrons. The molecule has 238 valence electrons. The van der Waals surface area contributed by atoms with Gasteiger partial charge in [-0.1, -0.05) is 90.1 Å². The molecule has 1 atom stereocenters. The van der Waals surface area contributed by atoms with Crippen LogP contribution in [0.1, 0.15) is 34.5 Å². The zero-order valence-electron chi connectivity index (χ0n) is 25.6. The lowest BCUT2D eigenvalue weighted by Gasteiger charge is -2.40. The largest absolute Gasteiger partial charge is 0.353 e. The number of hydrogen-bond acceptors (Lipinski definition) is 7. The highest BCUT2D eigenvalue weighted by Crippen LogP contribution is 2.30. The molecule has 0 spiro atoms. The first kappa shape index (κ1) is 32.0. The fraction of sp³-hybridized carbons (Fsp3) is 0.314. The van der Waals surface area contributed by atoms with Gasteiger partial charge in [0.2, 0.25) is 5.91 Å². The Balaban J connectivity index is 1.04. The van der Waals surface area contributed by atoms with Gasteiger partial charge in [0.05, 0.1) is 11.8 Å². The standard InChI is InChI=1S/C35H36ClFN6O2S/c1-25-23-42(19-20-43(25)34(45)28-13-8-14-29(37)21-28)31-22-30(36)38-35(39-31)46-24-32(44)40-15-17-41(18-16-40)33(26-9-4-2-5-10-26)27-11-6-3-7-12-27/h2-14,21-22,25,33H,15-20,23-24H2,1H3/t25-/m0/s1. The molecule has 3 heterocycles. The first-order chi connectivity index (χ1) is 22.4. The SMILES string of the molecule is C[C@H]1CN(c2cc(Cl)nc(SCC(=O)N3CCN(C(c4ccccc4)c4ccccc4)CC3)n2)CCN1C(=O)c1cccc(F)c1. The number of rotatable bonds is 8. The number of nitrogens with zero attached hydrogens (tertiary/aromatic N) is 6. The van der Waals surface area contributed by atoms with E-state index in [1.54, 1.807) is 23.1 Å². The molecule has 3 aromatic carbocycles. The van der Waals surface area contributed by atoms with Gasteiger partial charge in [0.15, 0.2) is 5.16 Å². The molecule has 0 bridgehead atoms. The second-order valence-electron chi connectivity index (χ2n) is 11.6. The third-order valence-electron chi connectivity index (χ3n) is 8.53. The van der Waals surface area contributed by atoms with E-state index in [9.17, 15) is 14.0 Å². The van der Waals surface area contributed by atoms with E-state index in [2.05, 4.69) is 63.3 Å². The van der Waals surface area contributed by atoms with Gasteiger partial charge in [0, 0.05) is 63.5 Å². The first-order valence-corrected chi connectivity index (χ1v) is 16.8. The minimum Gasteiger partial charge on any atom is -0.353 e. The summed E-state index contributed by atoms with van der Waals surface area (Å²) in [5.41, 5.74) is 2.82. The minimum atomic E-state index is -0.432. The molecule has 0 N–H and O–H groups in total. The van der Waals surface area contributed by atoms with Gasteiger partial charge in [-0.3, -0.25) is 14.5 Å². The molecule has 46 heavy (non-hydrogen) atoms. The number of aromatic nitrogens is 2. The lowest BCUT2D eigenvalue weighted by atomic mass is 9.96. The summed E-state index contributed by atoms with van der Waals surface area (Å²) in [7, 11) is 0. The number of halogens is 2. The fourth-order valence-corrected chi connectivity index (χ4v) is 7.18. The third-order valence-corrected chi connectivity index (χ3v) is 9.56. The van der Waals surface area contributed by atoms with Crippen LogP contribution in [0.3, 0.4) is 0 Å². The van der Waals surface area contributed by atoms with Gasteiger partial charge in [0.1, 0.15) is 16.8 Å². The summed E-state index contributed by atoms with van der Waals surface area (Å²) in [6, 6.07) is 28.5. The maximum atomic E-state index is 13.7. The van der Waals surface area contributed by atoms with Gasteiger partial charge < -0.3 is 14.7 Å². The van der Waals surface area contributed by atoms with E-state index in [-0.39, 0.29) is 29.7 Å². The van der Waals surface area contributed by atoms with Crippen LogP contribution in [0.15, 0.2) is 96.2 Å². The van der Waals surface area contributed by atoms with Crippen LogP contribution in [0.2, 0.25) is 5.15 Å². The van der Waals surface area contributed by atoms with Gasteiger partial charge in [-0.25, -0.2) is 14.4 Å². The Morgan fingerprint density at radius 3 is 2.17 bits per heavy atom. The number of anilines is 1. The number of amides is 2. The molecule has 2 fully saturated rings. The van der Waals surface area contributed by atoms with E-state index in [0.29, 0.717) is 54.4 Å². The molecule has 11 heteroatoms. The number of carbonyl (C=O) groups is 2. The van der Waals surface area contributed by atoms with Crippen molar-refractivity contribution < 1.29 is 14.0 Å². The molecular formula is C35H36ClFN6O2S. The molecule has 4 aromatic rings. The topological polar surface area (TPSA) is 72.9 Å². The zero-order valence-corrected chi connectivity index (χ0v) is 27.2. The van der Waals surface area contributed by atoms with Crippen molar-refractivity contribution in [2.45, 2.75) is 24.2 Å². The second kappa shape index (κ2) is 14.6. The summed E-state index contributed by atoms with van der Waals surface area (Å²) >= 11 is 7.68. The summed E-state index contributed by atoms with van der Waals surface area (Å²) in [5.74, 6) is 0.286. The van der Waals surface area contributed by atoms with Crippen LogP contribution in [0.4, 0.5) is 10.2 Å². The van der Waals surface area contributed by atoms with Crippen LogP contribution in [-0.4, -0.2) is 94.1 Å². The molecule has 0 aliphatic carbocycles. The Bertz CT molecular complexity index is 1620. The average molecular weight is 659 g/mol. The van der Waals surface area contributed by atoms with Crippen molar-refractivity contribution in [3.8, 4) is 0 Å². The van der Waals surface area contributed by atoms with Crippen molar-refractivity contribution in [1.82, 2.24) is 24.7 Å². The van der Waals surface area contributed by atoms with Gasteiger partial charge in [-0.2, -0.15) is 0 Å². The van der Waals surface area contributed by atoms with Crippen molar-refractivity contribution >= 4 is 41.0 Å². The normalized spacial score (nSPS) is 17.4. The monoisotopic (exact) mass is 658 g/mol. The smallest absolute Gasteiger partial charge is 0.254 e. The Labute approximate surface area is 278 Å². The number of carbonyl (C=O) groups excluding carboxylic acids is 2. The second-order valence-corrected chi connectivity index (χ2v) is 12.9. The minimum absolute atomic E-state index is 0.0452. The highest BCUT2D eigenvalue weighted by Gasteiger charge is 2.30. The number of benzene rings is 3. The first-order valence-electron chi connectivity index (χ1n) is 15.5. The predicted octanol–water partition coefficient (Wildman–Crippen LogP) is 5.65. The van der Waals surface area contributed by atoms with Crippen LogP contribution in [0.5, 0.6) is 0 Å². The molecule has 2 saturated heterocycles. The summed E-state index contributed by atoms with van der Waals surface area (Å²) < 4.78 is 13.7. The Morgan fingerprint density at radius 2 is 1.54 bits per heavy atom. The Morgan fingerprint density at radius 1 is 0.870 bits per heavy atom. The van der Waals surface area contributed by atoms with Crippen LogP contribution in [0, 0.1) is 5.82 Å². The van der Waals surface area contributed by atoms with Crippen molar-refractivity contribution in [3.05, 3.63) is 119 Å². The zero-order chi connectivity index (χ0) is 32.0. The van der Waals surface area contributed by atoms with Crippen molar-refractivity contribution in [3.63, 3.8) is 0 Å². The van der Waals surface area contributed by atoms with Crippen molar-refractivity contribution in [2.75, 3.05) is 56.5 Å². The van der Waals surface area contributed by atoms with Gasteiger partial charge >= 0.3 is 0 Å². The molecule has 0 saturated carbocycles. The predicted molar refractivity (Wildman–Crippen MR) is 180 cm³/mol. The fourth-order valence-electron chi connectivity index (χ4n) is 6.20. The number of hydrogen-bond donors (Lipinski definition) is 0. The summed E-state index contributed by atoms with van der Waals surface area (Å²) in [6.07, 6.45) is 0. The van der Waals surface area contributed by atoms with Crippen molar-refractivity contribution in [1.29, 1.82) is 0 Å². The van der Waals surface area contributed by atoms with Crippen LogP contribution in [-0.2, 0) is 4.79 Å². The van der Waals surface area contributed by atoms with Crippen LogP contribution in [0.25, 0.3) is 0 Å². The van der Waals surface area contributed by atoms with E-state index in [1.807, 2.05) is 24.0 Å². The Kier molecular flexibility index (Phi) is 10.2. The van der Waals surface area contributed by atoms with E-state index < -0.39 is 5.82 Å². The van der Waals surface area contributed by atoms with E-state index >= 15 is 0 Å². The summed E-state index contributed by atoms with van der Waals surface area (Å²) in [5, 5.41) is 0.737. The Hall–Kier alpha value is -3.99. The van der Waals surface area contributed by atoms with Gasteiger partial charge in [-0.15, -0.1) is 0 Å². The molecule has 1 aromatic heterocycles. The van der Waals surface area contributed by atoms with E-state index in [4.69, 9.17) is 16.6 Å². The molecule has 6 rings (SSSR count). The lowest BCUT2D eigenvalue weighted by Crippen LogP contribution is -2.54. The van der Waals surface area contributed by atoms with Gasteiger partial charge in [0.25, 0.3) is 5.91 Å². The quantitative estimate of drug-likeness (QED) is 0.138. The maximum Gasteiger partial charge on any atom is 0.254 e. The molecule has 2 aliphatic rings. The number of piperazine rings is 2. The molecule has 0 unspecified atom stereocenters. The summed E-state index contributed by atoms with van der Waals surface area (Å²) in [4.78, 5) is 43.6. The number of thioether (sulfide) groups is 1. The van der Waals surface area contributed by atoms with Crippen molar-refractivity contribution in [2.24, 2.45) is 0 Å². The van der Waals surface area contributed by atoms with Crippen LogP contribution < -0.4 is 4.90 Å². The average Bonchev–Trinajstić information content (AvgIpc) is 3.08.